The van der Waals surface area contributed by atoms with Gasteiger partial charge in [0.15, 0.2) is 0 Å². The van der Waals surface area contributed by atoms with Gasteiger partial charge in [-0.1, -0.05) is 0 Å². The maximum absolute atomic E-state index is 12.6. The van der Waals surface area contributed by atoms with Gasteiger partial charge in [0.1, 0.15) is 0 Å². The van der Waals surface area contributed by atoms with Crippen LogP contribution in [0.1, 0.15) is 31.7 Å². The van der Waals surface area contributed by atoms with Gasteiger partial charge in [-0.3, -0.25) is 4.79 Å². The van der Waals surface area contributed by atoms with Crippen molar-refractivity contribution in [2.45, 2.75) is 31.7 Å². The SMILES string of the molecule is CS(=O)(=O)N1CCC(C(=O)N2CCC(n3nccn3)CC2)CC1. The van der Waals surface area contributed by atoms with Gasteiger partial charge < -0.3 is 4.90 Å². The zero-order valence-electron chi connectivity index (χ0n) is 13.3. The number of rotatable bonds is 3. The number of carbonyl (C=O) groups is 1. The topological polar surface area (TPSA) is 88.4 Å². The highest BCUT2D eigenvalue weighted by atomic mass is 32.2. The molecule has 3 heterocycles. The van der Waals surface area contributed by atoms with Crippen LogP contribution in [0.3, 0.4) is 0 Å². The van der Waals surface area contributed by atoms with E-state index in [1.54, 1.807) is 17.2 Å². The average Bonchev–Trinajstić information content (AvgIpc) is 3.08. The molecule has 1 amide bonds. The number of sulfonamides is 1. The lowest BCUT2D eigenvalue weighted by molar-refractivity contribution is -0.138. The van der Waals surface area contributed by atoms with Gasteiger partial charge in [0.25, 0.3) is 0 Å². The number of hydrogen-bond acceptors (Lipinski definition) is 5. The molecule has 128 valence electrons. The van der Waals surface area contributed by atoms with E-state index >= 15 is 0 Å². The van der Waals surface area contributed by atoms with Crippen LogP contribution in [-0.2, 0) is 14.8 Å². The molecule has 0 atom stereocenters. The predicted molar refractivity (Wildman–Crippen MR) is 84.0 cm³/mol. The fourth-order valence-electron chi connectivity index (χ4n) is 3.42. The second-order valence-electron chi connectivity index (χ2n) is 6.34. The van der Waals surface area contributed by atoms with E-state index < -0.39 is 10.0 Å². The molecule has 1 aromatic heterocycles. The summed E-state index contributed by atoms with van der Waals surface area (Å²) in [5.74, 6) is 0.123. The van der Waals surface area contributed by atoms with Gasteiger partial charge in [0.2, 0.25) is 15.9 Å². The molecular weight excluding hydrogens is 318 g/mol. The van der Waals surface area contributed by atoms with E-state index in [2.05, 4.69) is 10.2 Å². The highest BCUT2D eigenvalue weighted by Gasteiger charge is 2.33. The lowest BCUT2D eigenvalue weighted by Gasteiger charge is -2.36. The summed E-state index contributed by atoms with van der Waals surface area (Å²) in [6.45, 7) is 2.33. The molecule has 23 heavy (non-hydrogen) atoms. The Kier molecular flexibility index (Phi) is 4.67. The van der Waals surface area contributed by atoms with E-state index in [1.165, 1.54) is 10.6 Å². The van der Waals surface area contributed by atoms with E-state index in [4.69, 9.17) is 0 Å². The Balaban J connectivity index is 1.50. The molecule has 0 spiro atoms. The summed E-state index contributed by atoms with van der Waals surface area (Å²) in [5.41, 5.74) is 0. The van der Waals surface area contributed by atoms with Gasteiger partial charge >= 0.3 is 0 Å². The maximum Gasteiger partial charge on any atom is 0.225 e. The summed E-state index contributed by atoms with van der Waals surface area (Å²) in [4.78, 5) is 16.3. The van der Waals surface area contributed by atoms with Crippen molar-refractivity contribution >= 4 is 15.9 Å². The monoisotopic (exact) mass is 341 g/mol. The summed E-state index contributed by atoms with van der Waals surface area (Å²) < 4.78 is 24.5. The van der Waals surface area contributed by atoms with Gasteiger partial charge in [-0.05, 0) is 25.7 Å². The molecule has 8 nitrogen and oxygen atoms in total. The zero-order valence-corrected chi connectivity index (χ0v) is 14.2. The van der Waals surface area contributed by atoms with Crippen molar-refractivity contribution in [3.05, 3.63) is 12.4 Å². The Morgan fingerprint density at radius 1 is 1.00 bits per heavy atom. The van der Waals surface area contributed by atoms with Crippen molar-refractivity contribution < 1.29 is 13.2 Å². The Bertz CT molecular complexity index is 629. The molecule has 0 saturated carbocycles. The number of carbonyl (C=O) groups excluding carboxylic acids is 1. The molecule has 1 aromatic rings. The van der Waals surface area contributed by atoms with E-state index in [0.29, 0.717) is 25.9 Å². The van der Waals surface area contributed by atoms with Crippen molar-refractivity contribution in [3.63, 3.8) is 0 Å². The highest BCUT2D eigenvalue weighted by molar-refractivity contribution is 7.88. The summed E-state index contributed by atoms with van der Waals surface area (Å²) >= 11 is 0. The van der Waals surface area contributed by atoms with Crippen molar-refractivity contribution in [2.75, 3.05) is 32.4 Å². The molecule has 3 rings (SSSR count). The van der Waals surface area contributed by atoms with E-state index in [9.17, 15) is 13.2 Å². The first-order valence-corrected chi connectivity index (χ1v) is 9.89. The zero-order chi connectivity index (χ0) is 16.4. The van der Waals surface area contributed by atoms with Crippen LogP contribution in [0.2, 0.25) is 0 Å². The lowest BCUT2D eigenvalue weighted by Crippen LogP contribution is -2.46. The number of aromatic nitrogens is 3. The predicted octanol–water partition coefficient (Wildman–Crippen LogP) is 0.113. The van der Waals surface area contributed by atoms with Crippen LogP contribution in [0.15, 0.2) is 12.4 Å². The summed E-state index contributed by atoms with van der Waals surface area (Å²) in [5, 5.41) is 8.34. The van der Waals surface area contributed by atoms with E-state index in [1.807, 2.05) is 4.90 Å². The second kappa shape index (κ2) is 6.56. The molecule has 0 N–H and O–H groups in total. The molecule has 9 heteroatoms. The summed E-state index contributed by atoms with van der Waals surface area (Å²) in [6.07, 6.45) is 7.54. The minimum Gasteiger partial charge on any atom is -0.342 e. The van der Waals surface area contributed by atoms with Gasteiger partial charge in [0.05, 0.1) is 24.7 Å². The molecule has 2 aliphatic rings. The number of likely N-dealkylation sites (tertiary alicyclic amines) is 1. The Hall–Kier alpha value is -1.48. The molecular formula is C14H23N5O3S. The van der Waals surface area contributed by atoms with Crippen molar-refractivity contribution in [3.8, 4) is 0 Å². The third-order valence-corrected chi connectivity index (χ3v) is 6.11. The average molecular weight is 341 g/mol. The summed E-state index contributed by atoms with van der Waals surface area (Å²) in [6, 6.07) is 0.265. The first-order valence-electron chi connectivity index (χ1n) is 8.05. The van der Waals surface area contributed by atoms with Gasteiger partial charge in [-0.25, -0.2) is 12.7 Å². The largest absolute Gasteiger partial charge is 0.342 e. The van der Waals surface area contributed by atoms with Crippen LogP contribution in [0.4, 0.5) is 0 Å². The molecule has 0 unspecified atom stereocenters. The second-order valence-corrected chi connectivity index (χ2v) is 8.32. The number of hydrogen-bond donors (Lipinski definition) is 0. The smallest absolute Gasteiger partial charge is 0.225 e. The van der Waals surface area contributed by atoms with Crippen LogP contribution >= 0.6 is 0 Å². The number of amides is 1. The molecule has 2 fully saturated rings. The Morgan fingerprint density at radius 3 is 2.09 bits per heavy atom. The normalized spacial score (nSPS) is 22.4. The van der Waals surface area contributed by atoms with Crippen molar-refractivity contribution in [2.24, 2.45) is 5.92 Å². The van der Waals surface area contributed by atoms with Crippen LogP contribution in [0.25, 0.3) is 0 Å². The maximum atomic E-state index is 12.6. The van der Waals surface area contributed by atoms with Gasteiger partial charge in [0, 0.05) is 32.1 Å². The summed E-state index contributed by atoms with van der Waals surface area (Å²) in [7, 11) is -3.14. The number of piperidine rings is 2. The van der Waals surface area contributed by atoms with E-state index in [-0.39, 0.29) is 17.9 Å². The van der Waals surface area contributed by atoms with Crippen molar-refractivity contribution in [1.29, 1.82) is 0 Å². The third-order valence-electron chi connectivity index (χ3n) is 4.81. The molecule has 2 aliphatic heterocycles. The molecule has 0 radical (unpaired) electrons. The van der Waals surface area contributed by atoms with Crippen LogP contribution in [-0.4, -0.2) is 71.0 Å². The minimum absolute atomic E-state index is 0.0487. The molecule has 2 saturated heterocycles. The Morgan fingerprint density at radius 2 is 1.57 bits per heavy atom. The first kappa shape index (κ1) is 16.4. The molecule has 0 aliphatic carbocycles. The van der Waals surface area contributed by atoms with Crippen LogP contribution in [0.5, 0.6) is 0 Å². The molecule has 0 aromatic carbocycles. The molecule has 0 bridgehead atoms. The third kappa shape index (κ3) is 3.72. The quantitative estimate of drug-likeness (QED) is 0.779. The van der Waals surface area contributed by atoms with Crippen LogP contribution in [0, 0.1) is 5.92 Å². The number of nitrogens with zero attached hydrogens (tertiary/aromatic N) is 5. The first-order chi connectivity index (χ1) is 10.9. The van der Waals surface area contributed by atoms with Crippen LogP contribution < -0.4 is 0 Å². The Labute approximate surface area is 136 Å². The van der Waals surface area contributed by atoms with Gasteiger partial charge in [-0.2, -0.15) is 15.0 Å². The fraction of sp³-hybridized carbons (Fsp3) is 0.786. The standard InChI is InChI=1S/C14H23N5O3S/c1-23(21,22)18-10-2-12(3-11-18)14(20)17-8-4-13(5-9-17)19-15-6-7-16-19/h6-7,12-13H,2-5,8-11H2,1H3. The van der Waals surface area contributed by atoms with Crippen molar-refractivity contribution in [1.82, 2.24) is 24.2 Å². The highest BCUT2D eigenvalue weighted by Crippen LogP contribution is 2.25. The fourth-order valence-corrected chi connectivity index (χ4v) is 4.30. The van der Waals surface area contributed by atoms with Gasteiger partial charge in [-0.15, -0.1) is 0 Å². The lowest BCUT2D eigenvalue weighted by atomic mass is 9.95. The van der Waals surface area contributed by atoms with E-state index in [0.717, 1.165) is 25.9 Å². The minimum atomic E-state index is -3.14.